The number of anilines is 1. The first-order chi connectivity index (χ1) is 15.1. The molecule has 2 fully saturated rings. The van der Waals surface area contributed by atoms with E-state index < -0.39 is 12.1 Å². The van der Waals surface area contributed by atoms with Crippen LogP contribution in [0.1, 0.15) is 5.82 Å². The van der Waals surface area contributed by atoms with Gasteiger partial charge >= 0.3 is 12.1 Å². The minimum absolute atomic E-state index is 0.292. The number of piperidine rings is 1. The molecular formula is C20H20F4N6O2. The number of nitrogens with two attached hydrogens (primary N) is 1. The van der Waals surface area contributed by atoms with Gasteiger partial charge in [0.25, 0.3) is 0 Å². The fourth-order valence-corrected chi connectivity index (χ4v) is 4.21. The van der Waals surface area contributed by atoms with E-state index in [1.54, 1.807) is 16.9 Å². The smallest absolute Gasteiger partial charge is 0.475 e. The SMILES string of the molecule is Cc1nc(N2C[C@@H]3C(CN)[C@@H]3C2)c2cnn(-c3cccc(F)c3)c2n1.O=C(O)C(F)(F)F. The van der Waals surface area contributed by atoms with Crippen LogP contribution in [0.4, 0.5) is 23.4 Å². The molecule has 32 heavy (non-hydrogen) atoms. The van der Waals surface area contributed by atoms with Gasteiger partial charge in [0.15, 0.2) is 5.65 Å². The molecule has 5 rings (SSSR count). The van der Waals surface area contributed by atoms with Crippen molar-refractivity contribution in [3.05, 3.63) is 42.1 Å². The van der Waals surface area contributed by atoms with Crippen LogP contribution < -0.4 is 10.6 Å². The number of carboxylic acid groups (broad SMARTS) is 1. The Morgan fingerprint density at radius 3 is 2.47 bits per heavy atom. The van der Waals surface area contributed by atoms with Crippen molar-refractivity contribution in [3.8, 4) is 5.69 Å². The molecule has 0 bridgehead atoms. The van der Waals surface area contributed by atoms with Crippen molar-refractivity contribution in [1.82, 2.24) is 19.7 Å². The Kier molecular flexibility index (Phi) is 5.49. The molecule has 8 nitrogen and oxygen atoms in total. The molecular weight excluding hydrogens is 432 g/mol. The van der Waals surface area contributed by atoms with Gasteiger partial charge in [-0.25, -0.2) is 23.8 Å². The maximum atomic E-state index is 13.6. The average molecular weight is 452 g/mol. The second kappa shape index (κ2) is 8.01. The maximum absolute atomic E-state index is 13.6. The van der Waals surface area contributed by atoms with Gasteiger partial charge in [0.1, 0.15) is 17.5 Å². The van der Waals surface area contributed by atoms with Crippen LogP contribution in [0.25, 0.3) is 16.7 Å². The van der Waals surface area contributed by atoms with Gasteiger partial charge in [-0.3, -0.25) is 0 Å². The molecule has 3 aromatic rings. The molecule has 0 amide bonds. The summed E-state index contributed by atoms with van der Waals surface area (Å²) < 4.78 is 47.0. The molecule has 1 saturated heterocycles. The maximum Gasteiger partial charge on any atom is 0.490 e. The second-order valence-corrected chi connectivity index (χ2v) is 7.80. The molecule has 1 unspecified atom stereocenters. The van der Waals surface area contributed by atoms with Gasteiger partial charge in [-0.05, 0) is 49.4 Å². The van der Waals surface area contributed by atoms with Crippen LogP contribution in [0.15, 0.2) is 30.5 Å². The number of carbonyl (C=O) groups is 1. The number of rotatable bonds is 3. The number of aromatic nitrogens is 4. The molecule has 170 valence electrons. The molecule has 12 heteroatoms. The van der Waals surface area contributed by atoms with Crippen LogP contribution in [0, 0.1) is 30.5 Å². The second-order valence-electron chi connectivity index (χ2n) is 7.80. The molecule has 0 spiro atoms. The fraction of sp³-hybridized carbons (Fsp3) is 0.400. The molecule has 1 saturated carbocycles. The summed E-state index contributed by atoms with van der Waals surface area (Å²) in [4.78, 5) is 20.4. The number of benzene rings is 1. The lowest BCUT2D eigenvalue weighted by molar-refractivity contribution is -0.192. The summed E-state index contributed by atoms with van der Waals surface area (Å²) in [6.45, 7) is 4.64. The van der Waals surface area contributed by atoms with E-state index in [4.69, 9.17) is 15.6 Å². The topological polar surface area (TPSA) is 110 Å². The van der Waals surface area contributed by atoms with E-state index in [0.29, 0.717) is 34.9 Å². The first-order valence-corrected chi connectivity index (χ1v) is 9.83. The number of nitrogens with zero attached hydrogens (tertiary/aromatic N) is 5. The van der Waals surface area contributed by atoms with Gasteiger partial charge in [-0.15, -0.1) is 0 Å². The number of aliphatic carboxylic acids is 1. The van der Waals surface area contributed by atoms with Crippen molar-refractivity contribution < 1.29 is 27.5 Å². The van der Waals surface area contributed by atoms with Crippen LogP contribution in [0.5, 0.6) is 0 Å². The van der Waals surface area contributed by atoms with Crippen molar-refractivity contribution in [3.63, 3.8) is 0 Å². The number of hydrogen-bond acceptors (Lipinski definition) is 6. The van der Waals surface area contributed by atoms with Gasteiger partial charge in [-0.1, -0.05) is 6.07 Å². The first-order valence-electron chi connectivity index (χ1n) is 9.83. The predicted molar refractivity (Wildman–Crippen MR) is 107 cm³/mol. The molecule has 1 aliphatic heterocycles. The summed E-state index contributed by atoms with van der Waals surface area (Å²) in [6, 6.07) is 6.38. The summed E-state index contributed by atoms with van der Waals surface area (Å²) in [6.07, 6.45) is -3.31. The highest BCUT2D eigenvalue weighted by atomic mass is 19.4. The molecule has 3 atom stereocenters. The van der Waals surface area contributed by atoms with Crippen molar-refractivity contribution >= 4 is 22.8 Å². The van der Waals surface area contributed by atoms with Gasteiger partial charge in [-0.2, -0.15) is 18.3 Å². The highest BCUT2D eigenvalue weighted by Gasteiger charge is 2.55. The lowest BCUT2D eigenvalue weighted by Crippen LogP contribution is -2.27. The Hall–Kier alpha value is -3.28. The summed E-state index contributed by atoms with van der Waals surface area (Å²) in [7, 11) is 0. The Morgan fingerprint density at radius 1 is 1.25 bits per heavy atom. The van der Waals surface area contributed by atoms with Crippen LogP contribution in [0.3, 0.4) is 0 Å². The van der Waals surface area contributed by atoms with Crippen molar-refractivity contribution in [2.24, 2.45) is 23.5 Å². The minimum atomic E-state index is -5.08. The number of hydrogen-bond donors (Lipinski definition) is 2. The minimum Gasteiger partial charge on any atom is -0.475 e. The molecule has 0 radical (unpaired) electrons. The molecule has 1 aliphatic carbocycles. The summed E-state index contributed by atoms with van der Waals surface area (Å²) in [5.41, 5.74) is 7.19. The Balaban J connectivity index is 0.000000307. The number of halogens is 4. The Morgan fingerprint density at radius 2 is 1.91 bits per heavy atom. The summed E-state index contributed by atoms with van der Waals surface area (Å²) in [5, 5.41) is 12.5. The number of alkyl halides is 3. The van der Waals surface area contributed by atoms with E-state index in [-0.39, 0.29) is 5.82 Å². The number of carboxylic acids is 1. The van der Waals surface area contributed by atoms with Crippen LogP contribution in [-0.2, 0) is 4.79 Å². The van der Waals surface area contributed by atoms with Gasteiger partial charge in [0.05, 0.1) is 17.3 Å². The number of aryl methyl sites for hydroxylation is 1. The molecule has 3 N–H and O–H groups in total. The van der Waals surface area contributed by atoms with Gasteiger partial charge < -0.3 is 15.7 Å². The average Bonchev–Trinajstić information content (AvgIpc) is 3.05. The van der Waals surface area contributed by atoms with E-state index >= 15 is 0 Å². The highest BCUT2D eigenvalue weighted by Crippen LogP contribution is 2.52. The fourth-order valence-electron chi connectivity index (χ4n) is 4.21. The first kappa shape index (κ1) is 21.9. The third kappa shape index (κ3) is 4.09. The third-order valence-electron chi connectivity index (χ3n) is 5.76. The Bertz CT molecular complexity index is 1150. The standard InChI is InChI=1S/C18H19FN6.C2HF3O2/c1-10-22-17(24-8-15-13(6-20)16(15)9-24)14-7-21-25(18(14)23-10)12-4-2-3-11(19)5-12;3-2(4,5)1(6)7/h2-5,7,13,15-16H,6,8-9,20H2,1H3;(H,6,7)/t13?,15-,16+;. The van der Waals surface area contributed by atoms with Crippen LogP contribution >= 0.6 is 0 Å². The van der Waals surface area contributed by atoms with E-state index in [1.807, 2.05) is 13.0 Å². The summed E-state index contributed by atoms with van der Waals surface area (Å²) in [5.74, 6) is 0.615. The lowest BCUT2D eigenvalue weighted by atomic mass is 10.2. The Labute approximate surface area is 179 Å². The lowest BCUT2D eigenvalue weighted by Gasteiger charge is -2.21. The molecule has 1 aromatic carbocycles. The zero-order valence-corrected chi connectivity index (χ0v) is 16.9. The molecule has 2 aliphatic rings. The van der Waals surface area contributed by atoms with Crippen LogP contribution in [-0.4, -0.2) is 56.6 Å². The van der Waals surface area contributed by atoms with Crippen LogP contribution in [0.2, 0.25) is 0 Å². The highest BCUT2D eigenvalue weighted by molar-refractivity contribution is 5.88. The summed E-state index contributed by atoms with van der Waals surface area (Å²) >= 11 is 0. The zero-order valence-electron chi connectivity index (χ0n) is 16.9. The quantitative estimate of drug-likeness (QED) is 0.588. The van der Waals surface area contributed by atoms with Crippen molar-refractivity contribution in [2.75, 3.05) is 24.5 Å². The molecule has 3 heterocycles. The van der Waals surface area contributed by atoms with Crippen molar-refractivity contribution in [2.45, 2.75) is 13.1 Å². The van der Waals surface area contributed by atoms with E-state index in [0.717, 1.165) is 30.8 Å². The normalized spacial score (nSPS) is 21.8. The zero-order chi connectivity index (χ0) is 23.2. The number of fused-ring (bicyclic) bond motifs is 2. The van der Waals surface area contributed by atoms with E-state index in [1.165, 1.54) is 12.1 Å². The largest absolute Gasteiger partial charge is 0.490 e. The monoisotopic (exact) mass is 452 g/mol. The van der Waals surface area contributed by atoms with Gasteiger partial charge in [0.2, 0.25) is 0 Å². The predicted octanol–water partition coefficient (Wildman–Crippen LogP) is 2.54. The van der Waals surface area contributed by atoms with E-state index in [2.05, 4.69) is 20.0 Å². The van der Waals surface area contributed by atoms with Gasteiger partial charge in [0, 0.05) is 13.1 Å². The van der Waals surface area contributed by atoms with Crippen molar-refractivity contribution in [1.29, 1.82) is 0 Å². The third-order valence-corrected chi connectivity index (χ3v) is 5.76. The molecule has 2 aromatic heterocycles. The van der Waals surface area contributed by atoms with E-state index in [9.17, 15) is 17.6 Å².